The van der Waals surface area contributed by atoms with E-state index in [1.54, 1.807) is 17.1 Å². The van der Waals surface area contributed by atoms with Crippen molar-refractivity contribution in [2.24, 2.45) is 0 Å². The second-order valence-corrected chi connectivity index (χ2v) is 7.91. The van der Waals surface area contributed by atoms with E-state index < -0.39 is 11.2 Å². The first-order valence-corrected chi connectivity index (χ1v) is 11.0. The molecule has 0 atom stereocenters. The molecule has 0 spiro atoms. The van der Waals surface area contributed by atoms with Crippen molar-refractivity contribution in [2.75, 3.05) is 24.4 Å². The van der Waals surface area contributed by atoms with Gasteiger partial charge < -0.3 is 10.5 Å². The summed E-state index contributed by atoms with van der Waals surface area (Å²) in [6.45, 7) is 0.436. The predicted molar refractivity (Wildman–Crippen MR) is 133 cm³/mol. The lowest BCUT2D eigenvalue weighted by Gasteiger charge is -2.24. The van der Waals surface area contributed by atoms with Crippen molar-refractivity contribution in [1.29, 1.82) is 0 Å². The van der Waals surface area contributed by atoms with Gasteiger partial charge in [0.15, 0.2) is 5.69 Å². The first kappa shape index (κ1) is 23.7. The summed E-state index contributed by atoms with van der Waals surface area (Å²) >= 11 is 0. The number of nitrogens with one attached hydrogen (secondary N) is 1. The molecule has 1 amide bonds. The Kier molecular flexibility index (Phi) is 7.22. The molecule has 35 heavy (non-hydrogen) atoms. The zero-order valence-corrected chi connectivity index (χ0v) is 19.3. The number of nitrogens with two attached hydrogens (primary N) is 1. The summed E-state index contributed by atoms with van der Waals surface area (Å²) in [6, 6.07) is 18.8. The van der Waals surface area contributed by atoms with Gasteiger partial charge >= 0.3 is 5.69 Å². The third-order valence-electron chi connectivity index (χ3n) is 5.50. The number of para-hydroxylation sites is 1. The number of amides is 1. The van der Waals surface area contributed by atoms with Crippen LogP contribution in [0, 0.1) is 0 Å². The summed E-state index contributed by atoms with van der Waals surface area (Å²) < 4.78 is 7.92. The van der Waals surface area contributed by atoms with E-state index in [-0.39, 0.29) is 43.5 Å². The van der Waals surface area contributed by atoms with E-state index in [0.29, 0.717) is 5.56 Å². The van der Waals surface area contributed by atoms with Gasteiger partial charge in [0, 0.05) is 13.3 Å². The molecule has 0 aliphatic heterocycles. The van der Waals surface area contributed by atoms with Crippen molar-refractivity contribution >= 4 is 17.4 Å². The van der Waals surface area contributed by atoms with Crippen molar-refractivity contribution in [3.05, 3.63) is 105 Å². The van der Waals surface area contributed by atoms with Gasteiger partial charge in [0.25, 0.3) is 5.56 Å². The Labute approximate surface area is 201 Å². The highest BCUT2D eigenvalue weighted by Gasteiger charge is 2.25. The number of hydrogen-bond donors (Lipinski definition) is 2. The molecule has 0 bridgehead atoms. The summed E-state index contributed by atoms with van der Waals surface area (Å²) in [5.41, 5.74) is 7.12. The van der Waals surface area contributed by atoms with Crippen LogP contribution < -0.4 is 21.9 Å². The van der Waals surface area contributed by atoms with Crippen LogP contribution in [-0.2, 0) is 29.0 Å². The average molecular weight is 475 g/mol. The topological polar surface area (TPSA) is 128 Å². The van der Waals surface area contributed by atoms with E-state index in [0.717, 1.165) is 11.3 Å². The van der Waals surface area contributed by atoms with Crippen molar-refractivity contribution in [3.63, 3.8) is 0 Å². The minimum atomic E-state index is -0.731. The monoisotopic (exact) mass is 474 g/mol. The minimum absolute atomic E-state index is 0.0181. The predicted octanol–water partition coefficient (Wildman–Crippen LogP) is 1.73. The highest BCUT2D eigenvalue weighted by molar-refractivity contribution is 5.96. The number of nitrogen functional groups attached to an aromatic ring is 1. The van der Waals surface area contributed by atoms with Crippen LogP contribution in [0.2, 0.25) is 0 Å². The highest BCUT2D eigenvalue weighted by atomic mass is 16.5. The number of benzene rings is 2. The Morgan fingerprint density at radius 1 is 1.06 bits per heavy atom. The maximum absolute atomic E-state index is 13.5. The van der Waals surface area contributed by atoms with Gasteiger partial charge in [-0.25, -0.2) is 9.48 Å². The summed E-state index contributed by atoms with van der Waals surface area (Å²) in [4.78, 5) is 42.4. The number of hydrogen-bond acceptors (Lipinski definition) is 6. The standard InChI is InChI=1S/C25H26N6O4/c1-35-13-12-29-23(26)22(24(33)28-25(29)34)30(16-18-8-4-2-5-9-18)21(32)14-19-15-27-31(17-19)20-10-6-3-7-11-20/h2-11,15,17H,12-14,16,26H2,1H3,(H,28,33,34). The van der Waals surface area contributed by atoms with E-state index in [2.05, 4.69) is 10.1 Å². The SMILES string of the molecule is COCCn1c(N)c(N(Cc2ccccc2)C(=O)Cc2cnn(-c3ccccc3)c2)c(=O)[nH]c1=O. The van der Waals surface area contributed by atoms with Crippen LogP contribution in [0.4, 0.5) is 11.5 Å². The minimum Gasteiger partial charge on any atom is -0.383 e. The van der Waals surface area contributed by atoms with Gasteiger partial charge in [-0.3, -0.25) is 24.0 Å². The number of methoxy groups -OCH3 is 1. The number of ether oxygens (including phenoxy) is 1. The van der Waals surface area contributed by atoms with Gasteiger partial charge in [-0.15, -0.1) is 0 Å². The molecule has 0 aliphatic rings. The molecule has 0 radical (unpaired) electrons. The second-order valence-electron chi connectivity index (χ2n) is 7.91. The molecule has 10 nitrogen and oxygen atoms in total. The van der Waals surface area contributed by atoms with Crippen LogP contribution in [-0.4, -0.2) is 39.0 Å². The summed E-state index contributed by atoms with van der Waals surface area (Å²) in [5, 5.41) is 4.34. The third-order valence-corrected chi connectivity index (χ3v) is 5.50. The number of aromatic nitrogens is 4. The maximum atomic E-state index is 13.5. The van der Waals surface area contributed by atoms with Gasteiger partial charge in [-0.2, -0.15) is 5.10 Å². The fourth-order valence-electron chi connectivity index (χ4n) is 3.74. The van der Waals surface area contributed by atoms with E-state index in [9.17, 15) is 14.4 Å². The van der Waals surface area contributed by atoms with Crippen molar-refractivity contribution in [3.8, 4) is 5.69 Å². The summed E-state index contributed by atoms with van der Waals surface area (Å²) in [6.07, 6.45) is 3.36. The largest absolute Gasteiger partial charge is 0.383 e. The lowest BCUT2D eigenvalue weighted by atomic mass is 10.1. The smallest absolute Gasteiger partial charge is 0.330 e. The van der Waals surface area contributed by atoms with Crippen LogP contribution in [0.15, 0.2) is 82.6 Å². The Hall–Kier alpha value is -4.44. The van der Waals surface area contributed by atoms with Crippen molar-refractivity contribution < 1.29 is 9.53 Å². The van der Waals surface area contributed by atoms with Gasteiger partial charge in [0.1, 0.15) is 5.82 Å². The molecule has 3 N–H and O–H groups in total. The van der Waals surface area contributed by atoms with E-state index >= 15 is 0 Å². The van der Waals surface area contributed by atoms with Crippen LogP contribution in [0.3, 0.4) is 0 Å². The highest BCUT2D eigenvalue weighted by Crippen LogP contribution is 2.21. The zero-order chi connectivity index (χ0) is 24.8. The molecule has 2 aromatic heterocycles. The maximum Gasteiger partial charge on any atom is 0.330 e. The summed E-state index contributed by atoms with van der Waals surface area (Å²) in [7, 11) is 1.49. The van der Waals surface area contributed by atoms with Gasteiger partial charge in [-0.1, -0.05) is 48.5 Å². The molecule has 10 heteroatoms. The van der Waals surface area contributed by atoms with Crippen LogP contribution >= 0.6 is 0 Å². The molecule has 0 saturated heterocycles. The molecule has 0 fully saturated rings. The molecule has 0 aliphatic carbocycles. The Bertz CT molecular complexity index is 1410. The van der Waals surface area contributed by atoms with Crippen LogP contribution in [0.25, 0.3) is 5.69 Å². The first-order valence-electron chi connectivity index (χ1n) is 11.0. The summed E-state index contributed by atoms with van der Waals surface area (Å²) in [5.74, 6) is -0.462. The number of anilines is 2. The third kappa shape index (κ3) is 5.39. The number of rotatable bonds is 9. The average Bonchev–Trinajstić information content (AvgIpc) is 3.33. The fourth-order valence-corrected chi connectivity index (χ4v) is 3.74. The molecule has 4 rings (SSSR count). The molecule has 0 unspecified atom stereocenters. The first-order chi connectivity index (χ1) is 17.0. The molecular formula is C25H26N6O4. The van der Waals surface area contributed by atoms with Crippen LogP contribution in [0.5, 0.6) is 0 Å². The van der Waals surface area contributed by atoms with E-state index in [4.69, 9.17) is 10.5 Å². The van der Waals surface area contributed by atoms with Gasteiger partial charge in [0.05, 0.1) is 38.0 Å². The molecule has 2 heterocycles. The van der Waals surface area contributed by atoms with Crippen LogP contribution in [0.1, 0.15) is 11.1 Å². The lowest BCUT2D eigenvalue weighted by Crippen LogP contribution is -2.41. The van der Waals surface area contributed by atoms with Gasteiger partial charge in [0.2, 0.25) is 5.91 Å². The molecule has 4 aromatic rings. The Morgan fingerprint density at radius 3 is 2.43 bits per heavy atom. The van der Waals surface area contributed by atoms with Crippen molar-refractivity contribution in [1.82, 2.24) is 19.3 Å². The number of carbonyl (C=O) groups is 1. The normalized spacial score (nSPS) is 10.9. The second kappa shape index (κ2) is 10.7. The molecule has 180 valence electrons. The zero-order valence-electron chi connectivity index (χ0n) is 19.3. The fraction of sp³-hybridized carbons (Fsp3) is 0.200. The Balaban J connectivity index is 1.70. The molecule has 0 saturated carbocycles. The van der Waals surface area contributed by atoms with E-state index in [1.807, 2.05) is 60.7 Å². The quantitative estimate of drug-likeness (QED) is 0.380. The number of H-pyrrole nitrogens is 1. The lowest BCUT2D eigenvalue weighted by molar-refractivity contribution is -0.118. The molecule has 2 aromatic carbocycles. The number of nitrogens with zero attached hydrogens (tertiary/aromatic N) is 4. The van der Waals surface area contributed by atoms with E-state index in [1.165, 1.54) is 16.6 Å². The van der Waals surface area contributed by atoms with Gasteiger partial charge in [-0.05, 0) is 23.3 Å². The van der Waals surface area contributed by atoms with Crippen molar-refractivity contribution in [2.45, 2.75) is 19.5 Å². The molecular weight excluding hydrogens is 448 g/mol. The number of aromatic amines is 1. The Morgan fingerprint density at radius 2 is 1.74 bits per heavy atom. The number of carbonyl (C=O) groups excluding carboxylic acids is 1.